The highest BCUT2D eigenvalue weighted by atomic mass is 32.1. The molecule has 90 valence electrons. The second kappa shape index (κ2) is 4.72. The highest BCUT2D eigenvalue weighted by molar-refractivity contribution is 7.15. The summed E-state index contributed by atoms with van der Waals surface area (Å²) in [5.41, 5.74) is 0.132. The zero-order valence-electron chi connectivity index (χ0n) is 9.51. The predicted molar refractivity (Wildman–Crippen MR) is 64.4 cm³/mol. The molecule has 1 aliphatic carbocycles. The summed E-state index contributed by atoms with van der Waals surface area (Å²) in [5, 5.41) is 18.3. The molecule has 6 heteroatoms. The van der Waals surface area contributed by atoms with Crippen LogP contribution in [0.3, 0.4) is 0 Å². The standard InChI is InChI=1S/C11H13N3O2S/c1-7-9(10(15)16)13-11(17-7)14(6-2-5-12)8-3-4-8/h8H,2-4,6H2,1H3,(H,15,16). The van der Waals surface area contributed by atoms with Crippen LogP contribution in [0.25, 0.3) is 0 Å². The average molecular weight is 251 g/mol. The quantitative estimate of drug-likeness (QED) is 0.866. The summed E-state index contributed by atoms with van der Waals surface area (Å²) in [6, 6.07) is 2.55. The van der Waals surface area contributed by atoms with Gasteiger partial charge in [0.15, 0.2) is 10.8 Å². The minimum absolute atomic E-state index is 0.132. The lowest BCUT2D eigenvalue weighted by atomic mass is 10.4. The van der Waals surface area contributed by atoms with Crippen molar-refractivity contribution in [1.82, 2.24) is 4.98 Å². The third-order valence-corrected chi connectivity index (χ3v) is 3.69. The van der Waals surface area contributed by atoms with Crippen LogP contribution in [0.1, 0.15) is 34.6 Å². The summed E-state index contributed by atoms with van der Waals surface area (Å²) < 4.78 is 0. The molecule has 1 N–H and O–H groups in total. The van der Waals surface area contributed by atoms with E-state index in [1.54, 1.807) is 6.92 Å². The van der Waals surface area contributed by atoms with Gasteiger partial charge in [-0.15, -0.1) is 11.3 Å². The molecule has 0 saturated heterocycles. The maximum Gasteiger partial charge on any atom is 0.355 e. The molecule has 0 amide bonds. The van der Waals surface area contributed by atoms with Crippen LogP contribution >= 0.6 is 11.3 Å². The number of carbonyl (C=O) groups is 1. The van der Waals surface area contributed by atoms with Gasteiger partial charge in [0.05, 0.1) is 12.5 Å². The predicted octanol–water partition coefficient (Wildman–Crippen LogP) is 2.03. The second-order valence-corrected chi connectivity index (χ2v) is 5.22. The molecule has 0 bridgehead atoms. The van der Waals surface area contributed by atoms with Gasteiger partial charge in [0.1, 0.15) is 0 Å². The number of nitriles is 1. The number of anilines is 1. The minimum Gasteiger partial charge on any atom is -0.476 e. The Morgan fingerprint density at radius 1 is 1.71 bits per heavy atom. The SMILES string of the molecule is Cc1sc(N(CCC#N)C2CC2)nc1C(=O)O. The summed E-state index contributed by atoms with van der Waals surface area (Å²) in [6.07, 6.45) is 2.65. The number of aryl methyl sites for hydroxylation is 1. The maximum atomic E-state index is 10.9. The highest BCUT2D eigenvalue weighted by Gasteiger charge is 2.31. The summed E-state index contributed by atoms with van der Waals surface area (Å²) >= 11 is 1.39. The first-order valence-corrected chi connectivity index (χ1v) is 6.29. The van der Waals surface area contributed by atoms with Crippen molar-refractivity contribution in [3.8, 4) is 6.07 Å². The van der Waals surface area contributed by atoms with Gasteiger partial charge in [0, 0.05) is 17.5 Å². The van der Waals surface area contributed by atoms with Crippen LogP contribution in [0.5, 0.6) is 0 Å². The smallest absolute Gasteiger partial charge is 0.355 e. The number of hydrogen-bond acceptors (Lipinski definition) is 5. The number of rotatable bonds is 5. The van der Waals surface area contributed by atoms with E-state index in [0.29, 0.717) is 19.0 Å². The molecule has 1 aromatic rings. The molecule has 17 heavy (non-hydrogen) atoms. The van der Waals surface area contributed by atoms with Gasteiger partial charge in [0.25, 0.3) is 0 Å². The number of aromatic carboxylic acids is 1. The first-order valence-electron chi connectivity index (χ1n) is 5.47. The van der Waals surface area contributed by atoms with E-state index in [0.717, 1.165) is 22.9 Å². The molecule has 1 aliphatic rings. The lowest BCUT2D eigenvalue weighted by Crippen LogP contribution is -2.26. The average Bonchev–Trinajstić information content (AvgIpc) is 3.02. The van der Waals surface area contributed by atoms with Crippen LogP contribution in [-0.4, -0.2) is 28.6 Å². The molecule has 0 aromatic carbocycles. The van der Waals surface area contributed by atoms with Gasteiger partial charge in [-0.05, 0) is 19.8 Å². The third kappa shape index (κ3) is 2.56. The first-order chi connectivity index (χ1) is 8.13. The second-order valence-electron chi connectivity index (χ2n) is 4.04. The zero-order valence-corrected chi connectivity index (χ0v) is 10.3. The lowest BCUT2D eigenvalue weighted by Gasteiger charge is -2.19. The molecule has 1 heterocycles. The van der Waals surface area contributed by atoms with Gasteiger partial charge in [-0.3, -0.25) is 0 Å². The summed E-state index contributed by atoms with van der Waals surface area (Å²) in [7, 11) is 0. The Hall–Kier alpha value is -1.61. The van der Waals surface area contributed by atoms with Crippen LogP contribution < -0.4 is 4.90 Å². The van der Waals surface area contributed by atoms with Crippen LogP contribution in [0, 0.1) is 18.3 Å². The van der Waals surface area contributed by atoms with Crippen molar-refractivity contribution in [3.05, 3.63) is 10.6 Å². The van der Waals surface area contributed by atoms with E-state index in [-0.39, 0.29) is 5.69 Å². The fourth-order valence-corrected chi connectivity index (χ4v) is 2.69. The molecule has 2 rings (SSSR count). The van der Waals surface area contributed by atoms with Crippen molar-refractivity contribution in [2.45, 2.75) is 32.2 Å². The Morgan fingerprint density at radius 2 is 2.41 bits per heavy atom. The van der Waals surface area contributed by atoms with Gasteiger partial charge in [-0.25, -0.2) is 9.78 Å². The minimum atomic E-state index is -0.985. The summed E-state index contributed by atoms with van der Waals surface area (Å²) in [6.45, 7) is 2.40. The molecule has 0 unspecified atom stereocenters. The monoisotopic (exact) mass is 251 g/mol. The normalized spacial score (nSPS) is 14.4. The van der Waals surface area contributed by atoms with Crippen molar-refractivity contribution < 1.29 is 9.90 Å². The largest absolute Gasteiger partial charge is 0.476 e. The van der Waals surface area contributed by atoms with Gasteiger partial charge >= 0.3 is 5.97 Å². The number of thiazole rings is 1. The Morgan fingerprint density at radius 3 is 2.88 bits per heavy atom. The Bertz CT molecular complexity index is 474. The van der Waals surface area contributed by atoms with Crippen molar-refractivity contribution in [2.75, 3.05) is 11.4 Å². The topological polar surface area (TPSA) is 77.2 Å². The van der Waals surface area contributed by atoms with Crippen molar-refractivity contribution in [1.29, 1.82) is 5.26 Å². The van der Waals surface area contributed by atoms with E-state index < -0.39 is 5.97 Å². The number of aromatic nitrogens is 1. The molecule has 0 radical (unpaired) electrons. The van der Waals surface area contributed by atoms with Gasteiger partial charge in [-0.1, -0.05) is 0 Å². The first kappa shape index (κ1) is 11.9. The van der Waals surface area contributed by atoms with Gasteiger partial charge < -0.3 is 10.0 Å². The maximum absolute atomic E-state index is 10.9. The molecule has 0 aliphatic heterocycles. The number of carboxylic acid groups (broad SMARTS) is 1. The van der Waals surface area contributed by atoms with Crippen molar-refractivity contribution in [2.24, 2.45) is 0 Å². The van der Waals surface area contributed by atoms with Crippen LogP contribution in [0.4, 0.5) is 5.13 Å². The fraction of sp³-hybridized carbons (Fsp3) is 0.545. The Kier molecular flexibility index (Phi) is 3.29. The van der Waals surface area contributed by atoms with Crippen LogP contribution in [-0.2, 0) is 0 Å². The fourth-order valence-electron chi connectivity index (χ4n) is 1.69. The summed E-state index contributed by atoms with van der Waals surface area (Å²) in [4.78, 5) is 17.9. The van der Waals surface area contributed by atoms with E-state index in [9.17, 15) is 4.79 Å². The van der Waals surface area contributed by atoms with Crippen molar-refractivity contribution in [3.63, 3.8) is 0 Å². The highest BCUT2D eigenvalue weighted by Crippen LogP contribution is 2.35. The molecule has 1 saturated carbocycles. The van der Waals surface area contributed by atoms with E-state index >= 15 is 0 Å². The van der Waals surface area contributed by atoms with Crippen LogP contribution in [0.2, 0.25) is 0 Å². The molecule has 0 spiro atoms. The van der Waals surface area contributed by atoms with E-state index in [1.165, 1.54) is 11.3 Å². The molecule has 1 fully saturated rings. The van der Waals surface area contributed by atoms with E-state index in [1.807, 2.05) is 0 Å². The van der Waals surface area contributed by atoms with E-state index in [2.05, 4.69) is 16.0 Å². The van der Waals surface area contributed by atoms with E-state index in [4.69, 9.17) is 10.4 Å². The Balaban J connectivity index is 2.21. The van der Waals surface area contributed by atoms with Crippen molar-refractivity contribution >= 4 is 22.4 Å². The zero-order chi connectivity index (χ0) is 12.4. The molecule has 5 nitrogen and oxygen atoms in total. The summed E-state index contributed by atoms with van der Waals surface area (Å²) in [5.74, 6) is -0.985. The molecule has 1 aromatic heterocycles. The molecule has 0 atom stereocenters. The number of carboxylic acids is 1. The third-order valence-electron chi connectivity index (χ3n) is 2.69. The van der Waals surface area contributed by atoms with Gasteiger partial charge in [-0.2, -0.15) is 5.26 Å². The van der Waals surface area contributed by atoms with Gasteiger partial charge in [0.2, 0.25) is 0 Å². The Labute approximate surface area is 103 Å². The number of hydrogen-bond donors (Lipinski definition) is 1. The number of nitrogens with zero attached hydrogens (tertiary/aromatic N) is 3. The van der Waals surface area contributed by atoms with Crippen LogP contribution in [0.15, 0.2) is 0 Å². The lowest BCUT2D eigenvalue weighted by molar-refractivity contribution is 0.0690. The molecular weight excluding hydrogens is 238 g/mol. The molecular formula is C11H13N3O2S.